The van der Waals surface area contributed by atoms with Crippen molar-refractivity contribution in [2.75, 3.05) is 7.05 Å². The molecule has 1 aromatic heterocycles. The number of hydrogen-bond acceptors (Lipinski definition) is 4. The fourth-order valence-electron chi connectivity index (χ4n) is 3.36. The van der Waals surface area contributed by atoms with Crippen LogP contribution in [0.5, 0.6) is 0 Å². The largest absolute Gasteiger partial charge is 0.490 e. The molecule has 0 aliphatic carbocycles. The summed E-state index contributed by atoms with van der Waals surface area (Å²) in [5.41, 5.74) is 8.17. The van der Waals surface area contributed by atoms with Gasteiger partial charge in [0.25, 0.3) is 0 Å². The Labute approximate surface area is 193 Å². The van der Waals surface area contributed by atoms with E-state index in [1.54, 1.807) is 18.1 Å². The van der Waals surface area contributed by atoms with Crippen molar-refractivity contribution >= 4 is 33.4 Å². The number of fused-ring (bicyclic) bond motifs is 2. The fraction of sp³-hybridized carbons (Fsp3) is 0.160. The number of carbonyl (C=O) groups excluding carboxylic acids is 1. The maximum Gasteiger partial charge on any atom is 0.490 e. The Bertz CT molecular complexity index is 1320. The first-order valence-corrected chi connectivity index (χ1v) is 10.2. The summed E-state index contributed by atoms with van der Waals surface area (Å²) in [4.78, 5) is 27.5. The lowest BCUT2D eigenvalue weighted by atomic mass is 10.0. The number of benzene rings is 3. The number of pyridine rings is 1. The first-order chi connectivity index (χ1) is 16.1. The average molecular weight is 469 g/mol. The number of likely N-dealkylation sites (N-methyl/N-ethyl adjacent to an activating group) is 1. The van der Waals surface area contributed by atoms with E-state index in [0.717, 1.165) is 32.7 Å². The highest BCUT2D eigenvalue weighted by atomic mass is 19.4. The molecule has 3 N–H and O–H groups in total. The van der Waals surface area contributed by atoms with Gasteiger partial charge in [0.2, 0.25) is 5.91 Å². The molecule has 1 heterocycles. The van der Waals surface area contributed by atoms with Gasteiger partial charge in [0.1, 0.15) is 6.04 Å². The topological polar surface area (TPSA) is 96.5 Å². The van der Waals surface area contributed by atoms with Crippen molar-refractivity contribution in [1.29, 1.82) is 0 Å². The molecule has 1 amide bonds. The van der Waals surface area contributed by atoms with Crippen molar-refractivity contribution in [2.45, 2.75) is 18.8 Å². The minimum absolute atomic E-state index is 0.0971. The Balaban J connectivity index is 0.000000406. The molecule has 4 rings (SSSR count). The average Bonchev–Trinajstić information content (AvgIpc) is 2.82. The van der Waals surface area contributed by atoms with E-state index in [0.29, 0.717) is 6.54 Å². The maximum absolute atomic E-state index is 12.8. The second kappa shape index (κ2) is 10.3. The van der Waals surface area contributed by atoms with Crippen LogP contribution < -0.4 is 5.73 Å². The number of nitrogens with zero attached hydrogens (tertiary/aromatic N) is 2. The smallest absolute Gasteiger partial charge is 0.475 e. The minimum atomic E-state index is -5.08. The number of aromatic nitrogens is 1. The zero-order valence-corrected chi connectivity index (χ0v) is 18.2. The molecule has 9 heteroatoms. The first kappa shape index (κ1) is 24.7. The Morgan fingerprint density at radius 2 is 1.59 bits per heavy atom. The third-order valence-electron chi connectivity index (χ3n) is 5.14. The number of carbonyl (C=O) groups is 2. The van der Waals surface area contributed by atoms with Gasteiger partial charge in [0.15, 0.2) is 0 Å². The van der Waals surface area contributed by atoms with Gasteiger partial charge in [-0.3, -0.25) is 9.78 Å². The highest BCUT2D eigenvalue weighted by Gasteiger charge is 2.38. The zero-order valence-electron chi connectivity index (χ0n) is 18.2. The highest BCUT2D eigenvalue weighted by Crippen LogP contribution is 2.22. The highest BCUT2D eigenvalue weighted by molar-refractivity contribution is 5.87. The van der Waals surface area contributed by atoms with Crippen LogP contribution in [0.15, 0.2) is 79.1 Å². The molecule has 4 aromatic rings. The Morgan fingerprint density at radius 1 is 0.971 bits per heavy atom. The van der Waals surface area contributed by atoms with E-state index in [9.17, 15) is 18.0 Å². The number of rotatable bonds is 4. The Morgan fingerprint density at radius 3 is 2.26 bits per heavy atom. The minimum Gasteiger partial charge on any atom is -0.475 e. The summed E-state index contributed by atoms with van der Waals surface area (Å²) in [6.45, 7) is 0.512. The van der Waals surface area contributed by atoms with Crippen LogP contribution in [0.4, 0.5) is 13.2 Å². The van der Waals surface area contributed by atoms with Crippen molar-refractivity contribution in [3.63, 3.8) is 0 Å². The number of nitrogens with two attached hydrogens (primary N) is 1. The monoisotopic (exact) mass is 469 g/mol. The molecule has 0 bridgehead atoms. The lowest BCUT2D eigenvalue weighted by molar-refractivity contribution is -0.192. The summed E-state index contributed by atoms with van der Waals surface area (Å²) in [6.07, 6.45) is -1.47. The molecule has 0 aliphatic rings. The normalized spacial score (nSPS) is 12.0. The number of carboxylic acid groups (broad SMARTS) is 1. The van der Waals surface area contributed by atoms with Crippen LogP contribution >= 0.6 is 0 Å². The molecule has 1 unspecified atom stereocenters. The van der Waals surface area contributed by atoms with Crippen molar-refractivity contribution in [2.24, 2.45) is 5.73 Å². The number of amides is 1. The summed E-state index contributed by atoms with van der Waals surface area (Å²) < 4.78 is 31.7. The van der Waals surface area contributed by atoms with Crippen LogP contribution in [0.2, 0.25) is 0 Å². The van der Waals surface area contributed by atoms with E-state index < -0.39 is 18.2 Å². The van der Waals surface area contributed by atoms with Gasteiger partial charge in [0, 0.05) is 31.4 Å². The van der Waals surface area contributed by atoms with Crippen LogP contribution in [-0.2, 0) is 16.1 Å². The second-order valence-electron chi connectivity index (χ2n) is 7.64. The van der Waals surface area contributed by atoms with Crippen molar-refractivity contribution in [1.82, 2.24) is 9.88 Å². The fourth-order valence-corrected chi connectivity index (χ4v) is 3.36. The lowest BCUT2D eigenvalue weighted by Crippen LogP contribution is -2.35. The van der Waals surface area contributed by atoms with Crippen molar-refractivity contribution in [3.8, 4) is 0 Å². The molecular weight excluding hydrogens is 447 g/mol. The summed E-state index contributed by atoms with van der Waals surface area (Å²) >= 11 is 0. The number of carboxylic acids is 1. The lowest BCUT2D eigenvalue weighted by Gasteiger charge is -2.22. The van der Waals surface area contributed by atoms with E-state index in [1.807, 2.05) is 66.9 Å². The number of aliphatic carboxylic acids is 1. The predicted molar refractivity (Wildman–Crippen MR) is 123 cm³/mol. The molecule has 0 aliphatic heterocycles. The van der Waals surface area contributed by atoms with Gasteiger partial charge in [-0.15, -0.1) is 0 Å². The van der Waals surface area contributed by atoms with E-state index in [2.05, 4.69) is 11.1 Å². The van der Waals surface area contributed by atoms with Gasteiger partial charge in [-0.25, -0.2) is 4.79 Å². The Hall–Kier alpha value is -3.98. The second-order valence-corrected chi connectivity index (χ2v) is 7.64. The van der Waals surface area contributed by atoms with Crippen LogP contribution in [0, 0.1) is 0 Å². The molecule has 3 aromatic carbocycles. The molecular formula is C25H22F3N3O3. The van der Waals surface area contributed by atoms with Crippen LogP contribution in [-0.4, -0.2) is 40.1 Å². The van der Waals surface area contributed by atoms with Crippen molar-refractivity contribution in [3.05, 3.63) is 90.3 Å². The molecule has 34 heavy (non-hydrogen) atoms. The molecule has 6 nitrogen and oxygen atoms in total. The van der Waals surface area contributed by atoms with Gasteiger partial charge in [-0.1, -0.05) is 48.5 Å². The van der Waals surface area contributed by atoms with Gasteiger partial charge >= 0.3 is 12.1 Å². The summed E-state index contributed by atoms with van der Waals surface area (Å²) in [6, 6.07) is 21.4. The van der Waals surface area contributed by atoms with Crippen molar-refractivity contribution < 1.29 is 27.9 Å². The van der Waals surface area contributed by atoms with Crippen LogP contribution in [0.3, 0.4) is 0 Å². The molecule has 0 saturated carbocycles. The number of halogens is 3. The predicted octanol–water partition coefficient (Wildman–Crippen LogP) is 4.68. The van der Waals surface area contributed by atoms with E-state index in [4.69, 9.17) is 15.6 Å². The molecule has 0 saturated heterocycles. The maximum atomic E-state index is 12.8. The van der Waals surface area contributed by atoms with E-state index >= 15 is 0 Å². The summed E-state index contributed by atoms with van der Waals surface area (Å²) in [7, 11) is 1.79. The third kappa shape index (κ3) is 6.08. The van der Waals surface area contributed by atoms with E-state index in [-0.39, 0.29) is 5.91 Å². The number of hydrogen-bond donors (Lipinski definition) is 2. The third-order valence-corrected chi connectivity index (χ3v) is 5.14. The zero-order chi connectivity index (χ0) is 24.9. The van der Waals surface area contributed by atoms with E-state index in [1.165, 1.54) is 0 Å². The first-order valence-electron chi connectivity index (χ1n) is 10.2. The van der Waals surface area contributed by atoms with Crippen LogP contribution in [0.1, 0.15) is 17.2 Å². The van der Waals surface area contributed by atoms with Gasteiger partial charge < -0.3 is 15.7 Å². The summed E-state index contributed by atoms with van der Waals surface area (Å²) in [5.74, 6) is -2.85. The van der Waals surface area contributed by atoms with Crippen LogP contribution in [0.25, 0.3) is 21.5 Å². The molecule has 1 atom stereocenters. The number of alkyl halides is 3. The Kier molecular flexibility index (Phi) is 7.47. The molecule has 0 fully saturated rings. The molecule has 0 radical (unpaired) electrons. The summed E-state index contributed by atoms with van der Waals surface area (Å²) in [5, 5.41) is 11.6. The SMILES string of the molecule is CN(Cc1ccc2cnccc2c1)C(=O)C(N)c1ccc2ccccc2c1.O=C(O)C(F)(F)F. The molecule has 0 spiro atoms. The van der Waals surface area contributed by atoms with Gasteiger partial charge in [-0.05, 0) is 45.5 Å². The standard InChI is InChI=1S/C23H21N3O.C2HF3O2/c1-26(15-16-6-7-21-14-25-11-10-19(21)12-16)23(27)22(24)20-9-8-17-4-2-3-5-18(17)13-20;3-2(4,5)1(6)7/h2-14,22H,15,24H2,1H3;(H,6,7). The van der Waals surface area contributed by atoms with Gasteiger partial charge in [0.05, 0.1) is 0 Å². The van der Waals surface area contributed by atoms with Gasteiger partial charge in [-0.2, -0.15) is 13.2 Å². The quantitative estimate of drug-likeness (QED) is 0.453. The molecule has 176 valence electrons.